The van der Waals surface area contributed by atoms with Crippen molar-refractivity contribution in [1.82, 2.24) is 10.5 Å². The molecule has 0 radical (unpaired) electrons. The van der Waals surface area contributed by atoms with Crippen molar-refractivity contribution in [3.05, 3.63) is 48.2 Å². The molecule has 16 heavy (non-hydrogen) atoms. The lowest BCUT2D eigenvalue weighted by atomic mass is 10.1. The maximum atomic E-state index is 10.8. The van der Waals surface area contributed by atoms with Crippen LogP contribution in [0.1, 0.15) is 5.56 Å². The first-order valence-corrected chi connectivity index (χ1v) is 4.76. The summed E-state index contributed by atoms with van der Waals surface area (Å²) in [7, 11) is 0. The Bertz CT molecular complexity index is 549. The van der Waals surface area contributed by atoms with E-state index < -0.39 is 5.91 Å². The van der Waals surface area contributed by atoms with Crippen LogP contribution >= 0.6 is 0 Å². The molecular weight excluding hydrogens is 204 g/mol. The number of nitrogens with zero attached hydrogens (tertiary/aromatic N) is 1. The van der Waals surface area contributed by atoms with Crippen LogP contribution in [0.5, 0.6) is 0 Å². The number of benzene rings is 1. The highest BCUT2D eigenvalue weighted by molar-refractivity contribution is 5.91. The molecule has 0 saturated carbocycles. The minimum absolute atomic E-state index is 0.555. The van der Waals surface area contributed by atoms with Crippen molar-refractivity contribution in [2.45, 2.75) is 0 Å². The summed E-state index contributed by atoms with van der Waals surface area (Å²) in [4.78, 5) is 15.0. The molecule has 2 aromatic rings. The Morgan fingerprint density at radius 1 is 1.38 bits per heavy atom. The Morgan fingerprint density at radius 3 is 3.06 bits per heavy atom. The predicted octanol–water partition coefficient (Wildman–Crippen LogP) is 1.75. The number of amides is 1. The van der Waals surface area contributed by atoms with Gasteiger partial charge in [-0.1, -0.05) is 18.2 Å². The third kappa shape index (κ3) is 2.24. The lowest BCUT2D eigenvalue weighted by Gasteiger charge is -1.97. The number of hydrogen-bond donors (Lipinski definition) is 2. The summed E-state index contributed by atoms with van der Waals surface area (Å²) in [6.07, 6.45) is 4.58. The van der Waals surface area contributed by atoms with Crippen LogP contribution in [0.3, 0.4) is 0 Å². The average molecular weight is 214 g/mol. The van der Waals surface area contributed by atoms with Crippen LogP contribution < -0.4 is 5.48 Å². The number of carbonyl (C=O) groups is 1. The summed E-state index contributed by atoms with van der Waals surface area (Å²) < 4.78 is 0. The van der Waals surface area contributed by atoms with Crippen molar-refractivity contribution in [2.24, 2.45) is 0 Å². The number of nitrogens with one attached hydrogen (secondary N) is 1. The van der Waals surface area contributed by atoms with Crippen molar-refractivity contribution in [1.29, 1.82) is 0 Å². The summed E-state index contributed by atoms with van der Waals surface area (Å²) in [6, 6.07) is 9.52. The monoisotopic (exact) mass is 214 g/mol. The van der Waals surface area contributed by atoms with E-state index in [4.69, 9.17) is 5.21 Å². The van der Waals surface area contributed by atoms with Crippen molar-refractivity contribution >= 4 is 22.9 Å². The zero-order chi connectivity index (χ0) is 11.4. The quantitative estimate of drug-likeness (QED) is 0.455. The zero-order valence-electron chi connectivity index (χ0n) is 8.42. The molecule has 0 saturated heterocycles. The molecule has 0 bridgehead atoms. The molecule has 0 spiro atoms. The van der Waals surface area contributed by atoms with E-state index in [1.165, 1.54) is 11.6 Å². The van der Waals surface area contributed by atoms with Gasteiger partial charge in [0.15, 0.2) is 0 Å². The molecule has 0 atom stereocenters. The standard InChI is InChI=1S/C12H10N2O2/c15-12(14-16)6-4-9-3-5-10-2-1-7-13-11(10)8-9/h1-8,16H,(H,14,15)/b6-4+. The third-order valence-electron chi connectivity index (χ3n) is 2.17. The van der Waals surface area contributed by atoms with Crippen LogP contribution in [0.4, 0.5) is 0 Å². The summed E-state index contributed by atoms with van der Waals surface area (Å²) in [5, 5.41) is 9.37. The number of aromatic nitrogens is 1. The van der Waals surface area contributed by atoms with Gasteiger partial charge >= 0.3 is 0 Å². The lowest BCUT2D eigenvalue weighted by Crippen LogP contribution is -2.14. The van der Waals surface area contributed by atoms with Crippen LogP contribution in [0.25, 0.3) is 17.0 Å². The second kappa shape index (κ2) is 4.55. The molecule has 0 aliphatic carbocycles. The van der Waals surface area contributed by atoms with E-state index in [0.717, 1.165) is 16.5 Å². The Hall–Kier alpha value is -2.20. The molecule has 1 amide bonds. The van der Waals surface area contributed by atoms with Gasteiger partial charge in [0, 0.05) is 17.7 Å². The molecule has 0 fully saturated rings. The van der Waals surface area contributed by atoms with Crippen molar-refractivity contribution < 1.29 is 10.0 Å². The maximum absolute atomic E-state index is 10.8. The largest absolute Gasteiger partial charge is 0.288 e. The molecule has 1 aromatic carbocycles. The molecule has 2 N–H and O–H groups in total. The third-order valence-corrected chi connectivity index (χ3v) is 2.17. The summed E-state index contributed by atoms with van der Waals surface area (Å²) >= 11 is 0. The van der Waals surface area contributed by atoms with Crippen LogP contribution in [-0.4, -0.2) is 16.1 Å². The fourth-order valence-corrected chi connectivity index (χ4v) is 1.40. The Labute approximate surface area is 92.2 Å². The fourth-order valence-electron chi connectivity index (χ4n) is 1.40. The highest BCUT2D eigenvalue weighted by Gasteiger charge is 1.95. The van der Waals surface area contributed by atoms with E-state index in [1.807, 2.05) is 30.3 Å². The smallest absolute Gasteiger partial charge is 0.267 e. The number of carbonyl (C=O) groups excluding carboxylic acids is 1. The van der Waals surface area contributed by atoms with Gasteiger partial charge in [-0.3, -0.25) is 15.0 Å². The van der Waals surface area contributed by atoms with Gasteiger partial charge in [-0.2, -0.15) is 0 Å². The Balaban J connectivity index is 2.33. The number of hydroxylamine groups is 1. The van der Waals surface area contributed by atoms with E-state index in [2.05, 4.69) is 4.98 Å². The average Bonchev–Trinajstić information content (AvgIpc) is 2.35. The van der Waals surface area contributed by atoms with E-state index in [-0.39, 0.29) is 0 Å². The summed E-state index contributed by atoms with van der Waals surface area (Å²) in [5.74, 6) is -0.555. The summed E-state index contributed by atoms with van der Waals surface area (Å²) in [6.45, 7) is 0. The molecule has 80 valence electrons. The topological polar surface area (TPSA) is 62.2 Å². The van der Waals surface area contributed by atoms with Gasteiger partial charge in [-0.05, 0) is 23.8 Å². The van der Waals surface area contributed by atoms with Crippen LogP contribution in [0.15, 0.2) is 42.6 Å². The van der Waals surface area contributed by atoms with E-state index >= 15 is 0 Å². The predicted molar refractivity (Wildman–Crippen MR) is 60.7 cm³/mol. The first-order valence-electron chi connectivity index (χ1n) is 4.76. The molecule has 1 aromatic heterocycles. The number of fused-ring (bicyclic) bond motifs is 1. The van der Waals surface area contributed by atoms with E-state index in [0.29, 0.717) is 0 Å². The van der Waals surface area contributed by atoms with Gasteiger partial charge in [-0.25, -0.2) is 5.48 Å². The Morgan fingerprint density at radius 2 is 2.25 bits per heavy atom. The first kappa shape index (κ1) is 10.3. The number of hydrogen-bond acceptors (Lipinski definition) is 3. The Kier molecular flexibility index (Phi) is 2.93. The van der Waals surface area contributed by atoms with Gasteiger partial charge in [0.1, 0.15) is 0 Å². The molecule has 1 heterocycles. The van der Waals surface area contributed by atoms with Crippen molar-refractivity contribution in [2.75, 3.05) is 0 Å². The van der Waals surface area contributed by atoms with E-state index in [9.17, 15) is 4.79 Å². The van der Waals surface area contributed by atoms with E-state index in [1.54, 1.807) is 12.3 Å². The first-order chi connectivity index (χ1) is 7.79. The highest BCUT2D eigenvalue weighted by atomic mass is 16.5. The van der Waals surface area contributed by atoms with Gasteiger partial charge in [0.25, 0.3) is 5.91 Å². The second-order valence-electron chi connectivity index (χ2n) is 3.26. The molecule has 0 unspecified atom stereocenters. The number of pyridine rings is 1. The lowest BCUT2D eigenvalue weighted by molar-refractivity contribution is -0.124. The highest BCUT2D eigenvalue weighted by Crippen LogP contribution is 2.13. The van der Waals surface area contributed by atoms with Crippen LogP contribution in [0.2, 0.25) is 0 Å². The second-order valence-corrected chi connectivity index (χ2v) is 3.26. The summed E-state index contributed by atoms with van der Waals surface area (Å²) in [5.41, 5.74) is 3.26. The van der Waals surface area contributed by atoms with Crippen molar-refractivity contribution in [3.63, 3.8) is 0 Å². The molecule has 0 aliphatic heterocycles. The van der Waals surface area contributed by atoms with Gasteiger partial charge in [0.2, 0.25) is 0 Å². The van der Waals surface area contributed by atoms with Crippen LogP contribution in [0, 0.1) is 0 Å². The molecule has 4 heteroatoms. The number of rotatable bonds is 2. The molecule has 0 aliphatic rings. The molecule has 2 rings (SSSR count). The fraction of sp³-hybridized carbons (Fsp3) is 0. The minimum atomic E-state index is -0.555. The normalized spacial score (nSPS) is 10.8. The van der Waals surface area contributed by atoms with Gasteiger partial charge < -0.3 is 0 Å². The molecular formula is C12H10N2O2. The van der Waals surface area contributed by atoms with Crippen molar-refractivity contribution in [3.8, 4) is 0 Å². The molecule has 4 nitrogen and oxygen atoms in total. The zero-order valence-corrected chi connectivity index (χ0v) is 8.42. The minimum Gasteiger partial charge on any atom is -0.288 e. The van der Waals surface area contributed by atoms with Gasteiger partial charge in [-0.15, -0.1) is 0 Å². The maximum Gasteiger partial charge on any atom is 0.267 e. The SMILES string of the molecule is O=C(/C=C/c1ccc2cccnc2c1)NO. The van der Waals surface area contributed by atoms with Crippen LogP contribution in [-0.2, 0) is 4.79 Å². The van der Waals surface area contributed by atoms with Gasteiger partial charge in [0.05, 0.1) is 5.52 Å².